The molecule has 22 heavy (non-hydrogen) atoms. The predicted molar refractivity (Wildman–Crippen MR) is 74.6 cm³/mol. The Kier molecular flexibility index (Phi) is 3.78. The SMILES string of the molecule is O=C(Cc1cocc1Oc1ccccc1)C(=O)c1ncn[nH]1. The Bertz CT molecular complexity index is 778. The quantitative estimate of drug-likeness (QED) is 0.553. The molecule has 2 aromatic heterocycles. The van der Waals surface area contributed by atoms with Crippen molar-refractivity contribution in [3.05, 3.63) is 60.6 Å². The fourth-order valence-corrected chi connectivity index (χ4v) is 1.85. The number of ketones is 2. The summed E-state index contributed by atoms with van der Waals surface area (Å²) in [5.41, 5.74) is 0.488. The second kappa shape index (κ2) is 6.04. The van der Waals surface area contributed by atoms with Gasteiger partial charge in [-0.25, -0.2) is 4.98 Å². The van der Waals surface area contributed by atoms with Crippen LogP contribution in [0.4, 0.5) is 0 Å². The Morgan fingerprint density at radius 1 is 1.18 bits per heavy atom. The summed E-state index contributed by atoms with van der Waals surface area (Å²) in [5.74, 6) is -0.441. The van der Waals surface area contributed by atoms with Crippen LogP contribution in [0.15, 0.2) is 53.6 Å². The van der Waals surface area contributed by atoms with Crippen LogP contribution >= 0.6 is 0 Å². The van der Waals surface area contributed by atoms with E-state index in [1.165, 1.54) is 18.9 Å². The smallest absolute Gasteiger partial charge is 0.265 e. The second-order valence-electron chi connectivity index (χ2n) is 4.44. The summed E-state index contributed by atoms with van der Waals surface area (Å²) < 4.78 is 10.7. The number of furan rings is 1. The van der Waals surface area contributed by atoms with Gasteiger partial charge in [-0.3, -0.25) is 14.7 Å². The van der Waals surface area contributed by atoms with Crippen molar-refractivity contribution in [3.8, 4) is 11.5 Å². The molecule has 0 bridgehead atoms. The number of hydrogen-bond donors (Lipinski definition) is 1. The minimum atomic E-state index is -0.732. The summed E-state index contributed by atoms with van der Waals surface area (Å²) in [6, 6.07) is 9.07. The maximum absolute atomic E-state index is 12.0. The van der Waals surface area contributed by atoms with E-state index in [0.29, 0.717) is 17.1 Å². The van der Waals surface area contributed by atoms with Gasteiger partial charge >= 0.3 is 0 Å². The number of carbonyl (C=O) groups is 2. The van der Waals surface area contributed by atoms with E-state index in [4.69, 9.17) is 9.15 Å². The zero-order valence-corrected chi connectivity index (χ0v) is 11.4. The van der Waals surface area contributed by atoms with Crippen LogP contribution in [0.1, 0.15) is 16.2 Å². The van der Waals surface area contributed by atoms with Crippen molar-refractivity contribution < 1.29 is 18.7 Å². The fraction of sp³-hybridized carbons (Fsp3) is 0.0667. The monoisotopic (exact) mass is 297 g/mol. The highest BCUT2D eigenvalue weighted by atomic mass is 16.5. The second-order valence-corrected chi connectivity index (χ2v) is 4.44. The molecule has 0 aliphatic rings. The third-order valence-corrected chi connectivity index (χ3v) is 2.91. The van der Waals surface area contributed by atoms with Gasteiger partial charge in [-0.15, -0.1) is 0 Å². The normalized spacial score (nSPS) is 10.4. The van der Waals surface area contributed by atoms with E-state index >= 15 is 0 Å². The Balaban J connectivity index is 1.72. The van der Waals surface area contributed by atoms with Crippen LogP contribution in [0.2, 0.25) is 0 Å². The minimum Gasteiger partial charge on any atom is -0.468 e. The van der Waals surface area contributed by atoms with Crippen molar-refractivity contribution in [2.75, 3.05) is 0 Å². The van der Waals surface area contributed by atoms with E-state index < -0.39 is 11.6 Å². The summed E-state index contributed by atoms with van der Waals surface area (Å²) in [6.07, 6.45) is 3.79. The van der Waals surface area contributed by atoms with Gasteiger partial charge in [0, 0.05) is 12.0 Å². The van der Waals surface area contributed by atoms with Crippen molar-refractivity contribution >= 4 is 11.6 Å². The van der Waals surface area contributed by atoms with Crippen molar-refractivity contribution in [3.63, 3.8) is 0 Å². The van der Waals surface area contributed by atoms with Crippen molar-refractivity contribution in [2.24, 2.45) is 0 Å². The lowest BCUT2D eigenvalue weighted by Gasteiger charge is -2.04. The van der Waals surface area contributed by atoms with Crippen LogP contribution in [0.5, 0.6) is 11.5 Å². The maximum Gasteiger partial charge on any atom is 0.265 e. The van der Waals surface area contributed by atoms with Gasteiger partial charge in [-0.05, 0) is 12.1 Å². The first-order valence-electron chi connectivity index (χ1n) is 6.45. The number of para-hydroxylation sites is 1. The van der Waals surface area contributed by atoms with Crippen molar-refractivity contribution in [1.82, 2.24) is 15.2 Å². The number of H-pyrrole nitrogens is 1. The highest BCUT2D eigenvalue weighted by Gasteiger charge is 2.22. The van der Waals surface area contributed by atoms with Gasteiger partial charge in [0.15, 0.2) is 11.6 Å². The Morgan fingerprint density at radius 2 is 2.00 bits per heavy atom. The van der Waals surface area contributed by atoms with E-state index in [1.54, 1.807) is 12.1 Å². The maximum atomic E-state index is 12.0. The number of benzene rings is 1. The molecule has 110 valence electrons. The fourth-order valence-electron chi connectivity index (χ4n) is 1.85. The number of rotatable bonds is 6. The summed E-state index contributed by atoms with van der Waals surface area (Å²) in [6.45, 7) is 0. The van der Waals surface area contributed by atoms with Gasteiger partial charge in [0.25, 0.3) is 5.78 Å². The molecule has 1 N–H and O–H groups in total. The van der Waals surface area contributed by atoms with Crippen LogP contribution in [0.3, 0.4) is 0 Å². The zero-order chi connectivity index (χ0) is 15.4. The molecule has 0 aliphatic heterocycles. The zero-order valence-electron chi connectivity index (χ0n) is 11.4. The van der Waals surface area contributed by atoms with Crippen molar-refractivity contribution in [2.45, 2.75) is 6.42 Å². The number of aromatic nitrogens is 3. The number of Topliss-reactive ketones (excluding diaryl/α,β-unsaturated/α-hetero) is 2. The molecule has 0 spiro atoms. The Labute approximate surface area is 124 Å². The van der Waals surface area contributed by atoms with Crippen molar-refractivity contribution in [1.29, 1.82) is 0 Å². The molecule has 0 radical (unpaired) electrons. The molecule has 0 saturated carbocycles. The first-order chi connectivity index (χ1) is 10.7. The third-order valence-electron chi connectivity index (χ3n) is 2.91. The molecule has 0 fully saturated rings. The molecule has 2 heterocycles. The van der Waals surface area contributed by atoms with Gasteiger partial charge in [-0.1, -0.05) is 18.2 Å². The van der Waals surface area contributed by atoms with E-state index in [1.807, 2.05) is 18.2 Å². The molecule has 0 amide bonds. The average Bonchev–Trinajstić information content (AvgIpc) is 3.20. The van der Waals surface area contributed by atoms with E-state index in [0.717, 1.165) is 0 Å². The molecule has 0 unspecified atom stereocenters. The van der Waals surface area contributed by atoms with Crippen LogP contribution in [-0.4, -0.2) is 26.7 Å². The molecule has 7 heteroatoms. The molecule has 7 nitrogen and oxygen atoms in total. The molecule has 0 saturated heterocycles. The number of ether oxygens (including phenoxy) is 1. The summed E-state index contributed by atoms with van der Waals surface area (Å²) in [5, 5.41) is 5.91. The molecule has 0 aliphatic carbocycles. The summed E-state index contributed by atoms with van der Waals surface area (Å²) in [4.78, 5) is 27.5. The average molecular weight is 297 g/mol. The number of carbonyl (C=O) groups excluding carboxylic acids is 2. The molecular weight excluding hydrogens is 286 g/mol. The lowest BCUT2D eigenvalue weighted by Crippen LogP contribution is -2.18. The highest BCUT2D eigenvalue weighted by Crippen LogP contribution is 2.26. The summed E-state index contributed by atoms with van der Waals surface area (Å²) in [7, 11) is 0. The van der Waals surface area contributed by atoms with Gasteiger partial charge in [0.1, 0.15) is 18.3 Å². The van der Waals surface area contributed by atoms with Gasteiger partial charge in [0.05, 0.1) is 6.26 Å². The van der Waals surface area contributed by atoms with Gasteiger partial charge in [-0.2, -0.15) is 5.10 Å². The molecular formula is C15H11N3O4. The standard InChI is InChI=1S/C15H11N3O4/c19-12(14(20)15-16-9-17-18-15)6-10-7-21-8-13(10)22-11-4-2-1-3-5-11/h1-5,7-9H,6H2,(H,16,17,18). The molecule has 0 atom stereocenters. The van der Waals surface area contributed by atoms with Crippen LogP contribution in [0, 0.1) is 0 Å². The first-order valence-corrected chi connectivity index (χ1v) is 6.45. The van der Waals surface area contributed by atoms with E-state index in [9.17, 15) is 9.59 Å². The van der Waals surface area contributed by atoms with Crippen LogP contribution in [0.25, 0.3) is 0 Å². The number of nitrogens with one attached hydrogen (secondary N) is 1. The predicted octanol–water partition coefficient (Wildman–Crippen LogP) is 2.18. The third kappa shape index (κ3) is 2.93. The topological polar surface area (TPSA) is 98.1 Å². The number of aromatic amines is 1. The molecule has 1 aromatic carbocycles. The van der Waals surface area contributed by atoms with Gasteiger partial charge in [0.2, 0.25) is 5.78 Å². The molecule has 3 rings (SSSR count). The highest BCUT2D eigenvalue weighted by molar-refractivity contribution is 6.43. The lowest BCUT2D eigenvalue weighted by atomic mass is 10.1. The van der Waals surface area contributed by atoms with E-state index in [-0.39, 0.29) is 12.2 Å². The Hall–Kier alpha value is -3.22. The lowest BCUT2D eigenvalue weighted by molar-refractivity contribution is -0.114. The molecule has 3 aromatic rings. The number of hydrogen-bond acceptors (Lipinski definition) is 6. The van der Waals surface area contributed by atoms with Crippen LogP contribution in [-0.2, 0) is 11.2 Å². The number of nitrogens with zero attached hydrogens (tertiary/aromatic N) is 2. The van der Waals surface area contributed by atoms with Crippen LogP contribution < -0.4 is 4.74 Å². The van der Waals surface area contributed by atoms with Gasteiger partial charge < -0.3 is 9.15 Å². The van der Waals surface area contributed by atoms with E-state index in [2.05, 4.69) is 15.2 Å². The minimum absolute atomic E-state index is 0.0842. The Morgan fingerprint density at radius 3 is 2.73 bits per heavy atom. The first kappa shape index (κ1) is 13.7. The summed E-state index contributed by atoms with van der Waals surface area (Å²) >= 11 is 0. The largest absolute Gasteiger partial charge is 0.468 e.